The largest absolute Gasteiger partial charge is 0.445 e. The van der Waals surface area contributed by atoms with Crippen LogP contribution < -0.4 is 37.2 Å². The van der Waals surface area contributed by atoms with Crippen LogP contribution in [0.5, 0.6) is 0 Å². The van der Waals surface area contributed by atoms with Gasteiger partial charge in [0, 0.05) is 91.4 Å². The number of unbranched alkanes of at least 4 members (excludes halogenated alkanes) is 3. The topological polar surface area (TPSA) is 363 Å². The summed E-state index contributed by atoms with van der Waals surface area (Å²) in [5, 5.41) is 31.5. The van der Waals surface area contributed by atoms with E-state index >= 15 is 0 Å². The molecule has 0 bridgehead atoms. The Hall–Kier alpha value is -8.32. The van der Waals surface area contributed by atoms with Gasteiger partial charge in [-0.15, -0.1) is 11.3 Å². The van der Waals surface area contributed by atoms with Crippen LogP contribution in [0.15, 0.2) is 78.3 Å². The van der Waals surface area contributed by atoms with Crippen LogP contribution in [0.1, 0.15) is 155 Å². The number of hydrogen-bond acceptors (Lipinski definition) is 19. The minimum atomic E-state index is -1.12. The van der Waals surface area contributed by atoms with Crippen molar-refractivity contribution in [2.75, 3.05) is 80.0 Å². The van der Waals surface area contributed by atoms with E-state index in [0.717, 1.165) is 21.5 Å². The number of ether oxygens (including phenoxy) is 3. The van der Waals surface area contributed by atoms with Crippen LogP contribution in [0.3, 0.4) is 0 Å². The van der Waals surface area contributed by atoms with E-state index in [0.29, 0.717) is 88.4 Å². The summed E-state index contributed by atoms with van der Waals surface area (Å²) in [6.07, 6.45) is 7.52. The second-order valence-electron chi connectivity index (χ2n) is 27.7. The Labute approximate surface area is 628 Å². The summed E-state index contributed by atoms with van der Waals surface area (Å²) in [6, 6.07) is 11.6. The monoisotopic (exact) mass is 1500 g/mol. The second-order valence-corrected chi connectivity index (χ2v) is 29.6. The molecule has 2 aromatic carbocycles. The molecular formula is C75H114N12O16S2. The molecule has 3 aromatic rings. The van der Waals surface area contributed by atoms with Crippen molar-refractivity contribution in [3.05, 3.63) is 94.5 Å². The van der Waals surface area contributed by atoms with Gasteiger partial charge in [0.15, 0.2) is 0 Å². The van der Waals surface area contributed by atoms with Gasteiger partial charge < -0.3 is 71.2 Å². The Morgan fingerprint density at radius 2 is 1.48 bits per heavy atom. The van der Waals surface area contributed by atoms with Crippen LogP contribution in [0.4, 0.5) is 10.5 Å². The van der Waals surface area contributed by atoms with Crippen molar-refractivity contribution in [3.63, 3.8) is 0 Å². The molecule has 1 aliphatic heterocycles. The number of methoxy groups -OCH3 is 2. The molecule has 30 heteroatoms. The normalized spacial score (nSPS) is 16.0. The Balaban J connectivity index is 1.29. The van der Waals surface area contributed by atoms with E-state index in [2.05, 4.69) is 54.8 Å². The molecule has 1 fully saturated rings. The van der Waals surface area contributed by atoms with E-state index in [1.54, 1.807) is 91.2 Å². The molecule has 2 heterocycles. The smallest absolute Gasteiger partial charge is 0.410 e. The number of aromatic nitrogens is 1. The van der Waals surface area contributed by atoms with E-state index in [1.165, 1.54) is 41.4 Å². The summed E-state index contributed by atoms with van der Waals surface area (Å²) >= 11 is 5.82. The van der Waals surface area contributed by atoms with Gasteiger partial charge in [0.2, 0.25) is 59.1 Å². The van der Waals surface area contributed by atoms with Crippen molar-refractivity contribution in [1.29, 1.82) is 0 Å². The molecule has 28 nitrogen and oxygen atoms in total. The molecule has 0 radical (unpaired) electrons. The number of thiazole rings is 1. The summed E-state index contributed by atoms with van der Waals surface area (Å²) in [4.78, 5) is 170. The number of carbonyl (C=O) groups excluding carboxylic acids is 12. The second kappa shape index (κ2) is 45.9. The molecule has 0 spiro atoms. The van der Waals surface area contributed by atoms with Crippen LogP contribution in [-0.2, 0) is 80.0 Å². The quantitative estimate of drug-likeness (QED) is 0.0142. The molecule has 11 amide bonds. The summed E-state index contributed by atoms with van der Waals surface area (Å²) in [6.45, 7) is 14.0. The number of hydrogen-bond donors (Lipinski definition) is 9. The lowest BCUT2D eigenvalue weighted by molar-refractivity contribution is -0.146. The van der Waals surface area contributed by atoms with Gasteiger partial charge in [0.05, 0.1) is 60.5 Å². The number of aldehydes is 1. The van der Waals surface area contributed by atoms with Crippen LogP contribution >= 0.6 is 24.0 Å². The lowest BCUT2D eigenvalue weighted by atomic mass is 9.90. The highest BCUT2D eigenvalue weighted by molar-refractivity contribution is 7.82. The fourth-order valence-electron chi connectivity index (χ4n) is 12.6. The number of carbonyl (C=O) groups is 12. The number of thiol groups is 1. The number of rotatable bonds is 46. The third-order valence-corrected chi connectivity index (χ3v) is 20.3. The van der Waals surface area contributed by atoms with Gasteiger partial charge in [-0.2, -0.15) is 12.6 Å². The van der Waals surface area contributed by atoms with Crippen molar-refractivity contribution in [1.82, 2.24) is 56.5 Å². The predicted molar refractivity (Wildman–Crippen MR) is 403 cm³/mol. The zero-order valence-corrected chi connectivity index (χ0v) is 65.0. The number of anilines is 1. The van der Waals surface area contributed by atoms with Crippen LogP contribution in [0, 0.1) is 23.7 Å². The summed E-state index contributed by atoms with van der Waals surface area (Å²) in [7, 11) is 7.68. The standard InChI is InChI=1S/C75H114N12O16S2/c1-14-50(6)66(58(101-12)44-62(93)87-39-23-28-57(87)67(102-13)51(7)68(95)82-56(72-76-37-42-105-72)43-52-25-17-15-18-26-52)85(10)63(94)46-79-71(98)65(49(4)5)86(11)74(100)103-47-53-31-33-54(34-32-53)80-60(91)45-78-70(97)64(48(2)3)83-69(96)55(27-20-21-36-77-73(99)75(8,104)35-41-89)81-59(90)29-19-16-22-38-84(9)61(92)30-24-40-88/h15,17-18,24-26,30-34,37,40,42,48-51,55-58,64-67,89,104H,14,16,19-23,27-29,35-36,38-39,41,43-47H2,1-13H3,(H,77,99)(H,78,97)(H,79,98)(H,80,91)(H,81,90)(H,82,95)(H,83,96)/b30-24-. The summed E-state index contributed by atoms with van der Waals surface area (Å²) in [5.41, 5.74) is 1.93. The molecule has 11 atom stereocenters. The maximum atomic E-state index is 14.5. The molecule has 8 N–H and O–H groups in total. The average molecular weight is 1500 g/mol. The zero-order chi connectivity index (χ0) is 77.9. The van der Waals surface area contributed by atoms with Gasteiger partial charge in [-0.05, 0) is 112 Å². The highest BCUT2D eigenvalue weighted by Gasteiger charge is 2.43. The molecule has 1 aromatic heterocycles. The van der Waals surface area contributed by atoms with Crippen molar-refractivity contribution in [3.8, 4) is 0 Å². The zero-order valence-electron chi connectivity index (χ0n) is 63.3. The fraction of sp³-hybridized carbons (Fsp3) is 0.613. The predicted octanol–water partition coefficient (Wildman–Crippen LogP) is 5.68. The number of allylic oxidation sites excluding steroid dienone is 1. The summed E-state index contributed by atoms with van der Waals surface area (Å²) in [5.74, 6) is -6.16. The minimum Gasteiger partial charge on any atom is -0.445 e. The first-order valence-electron chi connectivity index (χ1n) is 36.2. The van der Waals surface area contributed by atoms with Gasteiger partial charge in [-0.25, -0.2) is 9.78 Å². The molecule has 105 heavy (non-hydrogen) atoms. The van der Waals surface area contributed by atoms with E-state index < -0.39 is 120 Å². The molecule has 1 saturated heterocycles. The third kappa shape index (κ3) is 29.2. The van der Waals surface area contributed by atoms with Crippen molar-refractivity contribution < 1.29 is 76.9 Å². The van der Waals surface area contributed by atoms with E-state index in [4.69, 9.17) is 14.2 Å². The summed E-state index contributed by atoms with van der Waals surface area (Å²) < 4.78 is 16.6. The van der Waals surface area contributed by atoms with Gasteiger partial charge in [-0.1, -0.05) is 104 Å². The first kappa shape index (κ1) is 89.1. The van der Waals surface area contributed by atoms with E-state index in [9.17, 15) is 62.6 Å². The van der Waals surface area contributed by atoms with Gasteiger partial charge in [0.1, 0.15) is 36.0 Å². The van der Waals surface area contributed by atoms with E-state index in [1.807, 2.05) is 56.5 Å². The molecule has 582 valence electrons. The van der Waals surface area contributed by atoms with Gasteiger partial charge in [0.25, 0.3) is 0 Å². The Kier molecular flexibility index (Phi) is 38.9. The average Bonchev–Trinajstić information content (AvgIpc) is 1.76. The van der Waals surface area contributed by atoms with Crippen LogP contribution in [0.25, 0.3) is 0 Å². The first-order valence-corrected chi connectivity index (χ1v) is 37.5. The Morgan fingerprint density at radius 3 is 2.10 bits per heavy atom. The molecule has 0 aliphatic carbocycles. The van der Waals surface area contributed by atoms with Crippen molar-refractivity contribution in [2.45, 2.75) is 199 Å². The highest BCUT2D eigenvalue weighted by atomic mass is 32.1. The Bertz CT molecular complexity index is 3310. The molecule has 1 aliphatic rings. The highest BCUT2D eigenvalue weighted by Crippen LogP contribution is 2.31. The minimum absolute atomic E-state index is 0.0718. The number of benzene rings is 2. The van der Waals surface area contributed by atoms with Gasteiger partial charge in [-0.3, -0.25) is 57.6 Å². The lowest BCUT2D eigenvalue weighted by Crippen LogP contribution is -2.56. The SMILES string of the molecule is CCC(C)C(C(CC(=O)N1CCCC1C(OC)C(C)C(=O)NC(Cc1ccccc1)c1nccs1)OC)N(C)C(=O)CNC(=O)C(C(C)C)N(C)C(=O)OCc1ccc(NC(=O)CNC(=O)C(NC(=O)C(CCCCNC(=O)C(C)(S)CCO)NC(=O)CCCCCN(C)C(=O)/C=C\C=O)C(C)C)cc1. The third-order valence-electron chi connectivity index (χ3n) is 19.0. The van der Waals surface area contributed by atoms with Crippen LogP contribution in [-0.4, -0.2) is 223 Å². The van der Waals surface area contributed by atoms with Crippen molar-refractivity contribution >= 4 is 101 Å². The maximum absolute atomic E-state index is 14.5. The maximum Gasteiger partial charge on any atom is 0.410 e. The molecule has 4 rings (SSSR count). The number of amides is 11. The number of aliphatic hydroxyl groups excluding tert-OH is 1. The fourth-order valence-corrected chi connectivity index (χ4v) is 13.5. The van der Waals surface area contributed by atoms with Crippen LogP contribution in [0.2, 0.25) is 0 Å². The number of nitrogens with zero attached hydrogens (tertiary/aromatic N) is 5. The Morgan fingerprint density at radius 1 is 0.781 bits per heavy atom. The van der Waals surface area contributed by atoms with Crippen molar-refractivity contribution in [2.24, 2.45) is 23.7 Å². The number of aliphatic hydroxyl groups is 1. The number of nitrogens with one attached hydrogen (secondary N) is 7. The molecule has 0 saturated carbocycles. The first-order chi connectivity index (χ1) is 49.9. The van der Waals surface area contributed by atoms with E-state index in [-0.39, 0.29) is 81.0 Å². The number of likely N-dealkylation sites (tertiary alicyclic amines) is 1. The molecule has 11 unspecified atom stereocenters. The lowest BCUT2D eigenvalue weighted by Gasteiger charge is -2.39. The van der Waals surface area contributed by atoms with Gasteiger partial charge >= 0.3 is 6.09 Å². The molecular weight excluding hydrogens is 1390 g/mol. The number of likely N-dealkylation sites (N-methyl/N-ethyl adjacent to an activating group) is 3.